The molecule has 2 rings (SSSR count). The fourth-order valence-corrected chi connectivity index (χ4v) is 2.44. The maximum absolute atomic E-state index is 11.0. The molecule has 0 heterocycles. The second-order valence-electron chi connectivity index (χ2n) is 4.34. The second kappa shape index (κ2) is 6.96. The fourth-order valence-electron chi connectivity index (χ4n) is 1.62. The fraction of sp³-hybridized carbons (Fsp3) is 0.118. The van der Waals surface area contributed by atoms with Crippen LogP contribution in [0.5, 0.6) is 0 Å². The highest BCUT2D eigenvalue weighted by molar-refractivity contribution is 7.99. The average Bonchev–Trinajstić information content (AvgIpc) is 2.48. The van der Waals surface area contributed by atoms with E-state index in [1.54, 1.807) is 17.8 Å². The average molecular weight is 284 g/mol. The molecule has 0 saturated heterocycles. The van der Waals surface area contributed by atoms with Gasteiger partial charge >= 0.3 is 5.97 Å². The molecule has 2 aromatic rings. The topological polar surface area (TPSA) is 26.3 Å². The van der Waals surface area contributed by atoms with Crippen molar-refractivity contribution < 1.29 is 9.53 Å². The van der Waals surface area contributed by atoms with Gasteiger partial charge in [0.1, 0.15) is 0 Å². The molecule has 2 aromatic carbocycles. The minimum atomic E-state index is -0.344. The lowest BCUT2D eigenvalue weighted by atomic mass is 10.2. The van der Waals surface area contributed by atoms with E-state index < -0.39 is 0 Å². The number of carbonyl (C=O) groups excluding carboxylic acids is 1. The summed E-state index contributed by atoms with van der Waals surface area (Å²) < 4.78 is 4.55. The molecule has 0 radical (unpaired) electrons. The van der Waals surface area contributed by atoms with Crippen molar-refractivity contribution >= 4 is 23.8 Å². The van der Waals surface area contributed by atoms with Crippen molar-refractivity contribution in [2.75, 3.05) is 7.11 Å². The standard InChI is InChI=1S/C17H16O2S/c1-13-3-8-15(9-4-13)20-16-10-5-14(6-11-16)7-12-17(18)19-2/h3-12H,1-2H3/b12-7+. The molecule has 0 saturated carbocycles. The van der Waals surface area contributed by atoms with Gasteiger partial charge in [0.05, 0.1) is 7.11 Å². The van der Waals surface area contributed by atoms with E-state index in [-0.39, 0.29) is 5.97 Å². The number of ether oxygens (including phenoxy) is 1. The van der Waals surface area contributed by atoms with E-state index in [4.69, 9.17) is 0 Å². The van der Waals surface area contributed by atoms with E-state index in [0.29, 0.717) is 0 Å². The number of methoxy groups -OCH3 is 1. The molecule has 0 atom stereocenters. The first kappa shape index (κ1) is 14.4. The molecule has 3 heteroatoms. The molecule has 0 aromatic heterocycles. The van der Waals surface area contributed by atoms with E-state index in [0.717, 1.165) is 5.56 Å². The van der Waals surface area contributed by atoms with Crippen molar-refractivity contribution in [3.8, 4) is 0 Å². The van der Waals surface area contributed by atoms with Crippen LogP contribution in [0.3, 0.4) is 0 Å². The lowest BCUT2D eigenvalue weighted by Gasteiger charge is -2.02. The molecule has 0 fully saturated rings. The van der Waals surface area contributed by atoms with Crippen molar-refractivity contribution in [1.29, 1.82) is 0 Å². The summed E-state index contributed by atoms with van der Waals surface area (Å²) in [5, 5.41) is 0. The van der Waals surface area contributed by atoms with Crippen molar-refractivity contribution in [3.05, 3.63) is 65.7 Å². The van der Waals surface area contributed by atoms with Gasteiger partial charge in [0.15, 0.2) is 0 Å². The van der Waals surface area contributed by atoms with Crippen LogP contribution in [0.4, 0.5) is 0 Å². The van der Waals surface area contributed by atoms with Crippen LogP contribution in [0.25, 0.3) is 6.08 Å². The second-order valence-corrected chi connectivity index (χ2v) is 5.49. The molecule has 2 nitrogen and oxygen atoms in total. The molecule has 20 heavy (non-hydrogen) atoms. The lowest BCUT2D eigenvalue weighted by Crippen LogP contribution is -1.93. The quantitative estimate of drug-likeness (QED) is 0.617. The van der Waals surface area contributed by atoms with Crippen LogP contribution >= 0.6 is 11.8 Å². The minimum absolute atomic E-state index is 0.344. The van der Waals surface area contributed by atoms with E-state index in [9.17, 15) is 4.79 Å². The van der Waals surface area contributed by atoms with E-state index in [1.165, 1.54) is 28.5 Å². The lowest BCUT2D eigenvalue weighted by molar-refractivity contribution is -0.134. The van der Waals surface area contributed by atoms with Gasteiger partial charge in [0.25, 0.3) is 0 Å². The van der Waals surface area contributed by atoms with Gasteiger partial charge in [-0.1, -0.05) is 41.6 Å². The molecule has 102 valence electrons. The molecule has 0 aliphatic carbocycles. The normalized spacial score (nSPS) is 10.7. The van der Waals surface area contributed by atoms with Crippen LogP contribution < -0.4 is 0 Å². The predicted molar refractivity (Wildman–Crippen MR) is 82.8 cm³/mol. The maximum atomic E-state index is 11.0. The van der Waals surface area contributed by atoms with Gasteiger partial charge in [-0.2, -0.15) is 0 Å². The first-order chi connectivity index (χ1) is 9.67. The molecular formula is C17H16O2S. The minimum Gasteiger partial charge on any atom is -0.466 e. The van der Waals surface area contributed by atoms with Crippen LogP contribution in [0, 0.1) is 6.92 Å². The van der Waals surface area contributed by atoms with Gasteiger partial charge in [0, 0.05) is 15.9 Å². The number of esters is 1. The molecule has 0 aliphatic rings. The largest absolute Gasteiger partial charge is 0.466 e. The Morgan fingerprint density at radius 2 is 1.55 bits per heavy atom. The highest BCUT2D eigenvalue weighted by Crippen LogP contribution is 2.27. The first-order valence-corrected chi connectivity index (χ1v) is 7.09. The molecule has 0 unspecified atom stereocenters. The van der Waals surface area contributed by atoms with Gasteiger partial charge in [-0.15, -0.1) is 0 Å². The highest BCUT2D eigenvalue weighted by Gasteiger charge is 1.98. The van der Waals surface area contributed by atoms with Crippen LogP contribution in [0.15, 0.2) is 64.4 Å². The van der Waals surface area contributed by atoms with Crippen molar-refractivity contribution in [2.24, 2.45) is 0 Å². The SMILES string of the molecule is COC(=O)/C=C/c1ccc(Sc2ccc(C)cc2)cc1. The summed E-state index contributed by atoms with van der Waals surface area (Å²) in [5.41, 5.74) is 2.24. The van der Waals surface area contributed by atoms with E-state index >= 15 is 0 Å². The van der Waals surface area contributed by atoms with Gasteiger partial charge in [-0.3, -0.25) is 0 Å². The summed E-state index contributed by atoms with van der Waals surface area (Å²) in [6.45, 7) is 2.08. The van der Waals surface area contributed by atoms with Crippen molar-refractivity contribution in [2.45, 2.75) is 16.7 Å². The Bertz CT molecular complexity index is 598. The number of benzene rings is 2. The van der Waals surface area contributed by atoms with Crippen LogP contribution in [-0.4, -0.2) is 13.1 Å². The molecule has 0 spiro atoms. The number of rotatable bonds is 4. The number of hydrogen-bond donors (Lipinski definition) is 0. The Labute approximate surface area is 123 Å². The highest BCUT2D eigenvalue weighted by atomic mass is 32.2. The zero-order valence-electron chi connectivity index (χ0n) is 11.5. The third kappa shape index (κ3) is 4.28. The predicted octanol–water partition coefficient (Wildman–Crippen LogP) is 4.33. The molecule has 0 bridgehead atoms. The Balaban J connectivity index is 2.03. The van der Waals surface area contributed by atoms with Gasteiger partial charge in [-0.25, -0.2) is 4.79 Å². The van der Waals surface area contributed by atoms with E-state index in [1.807, 2.05) is 24.3 Å². The molecule has 0 N–H and O–H groups in total. The molecule has 0 aliphatic heterocycles. The first-order valence-electron chi connectivity index (χ1n) is 6.28. The third-order valence-electron chi connectivity index (χ3n) is 2.75. The Morgan fingerprint density at radius 1 is 1.00 bits per heavy atom. The monoisotopic (exact) mass is 284 g/mol. The van der Waals surface area contributed by atoms with Crippen LogP contribution in [0.1, 0.15) is 11.1 Å². The Hall–Kier alpha value is -2.00. The number of hydrogen-bond acceptors (Lipinski definition) is 3. The molecular weight excluding hydrogens is 268 g/mol. The van der Waals surface area contributed by atoms with Crippen LogP contribution in [0.2, 0.25) is 0 Å². The van der Waals surface area contributed by atoms with Crippen molar-refractivity contribution in [1.82, 2.24) is 0 Å². The van der Waals surface area contributed by atoms with Crippen LogP contribution in [-0.2, 0) is 9.53 Å². The van der Waals surface area contributed by atoms with Gasteiger partial charge in [0.2, 0.25) is 0 Å². The number of aryl methyl sites for hydroxylation is 1. The third-order valence-corrected chi connectivity index (χ3v) is 3.77. The smallest absolute Gasteiger partial charge is 0.330 e. The summed E-state index contributed by atoms with van der Waals surface area (Å²) in [7, 11) is 1.37. The maximum Gasteiger partial charge on any atom is 0.330 e. The summed E-state index contributed by atoms with van der Waals surface area (Å²) in [6, 6.07) is 16.5. The van der Waals surface area contributed by atoms with Crippen molar-refractivity contribution in [3.63, 3.8) is 0 Å². The summed E-state index contributed by atoms with van der Waals surface area (Å²) >= 11 is 1.72. The summed E-state index contributed by atoms with van der Waals surface area (Å²) in [5.74, 6) is -0.344. The summed E-state index contributed by atoms with van der Waals surface area (Å²) in [6.07, 6.45) is 3.16. The number of carbonyl (C=O) groups is 1. The summed E-state index contributed by atoms with van der Waals surface area (Å²) in [4.78, 5) is 13.4. The van der Waals surface area contributed by atoms with E-state index in [2.05, 4.69) is 35.9 Å². The van der Waals surface area contributed by atoms with Gasteiger partial charge in [-0.05, 0) is 42.8 Å². The molecule has 0 amide bonds. The zero-order chi connectivity index (χ0) is 14.4. The Kier molecular flexibility index (Phi) is 5.02. The van der Waals surface area contributed by atoms with Gasteiger partial charge < -0.3 is 4.74 Å². The zero-order valence-corrected chi connectivity index (χ0v) is 12.3. The Morgan fingerprint density at radius 3 is 2.10 bits per heavy atom.